The number of hydrogen-bond donors (Lipinski definition) is 2. The first-order valence-electron chi connectivity index (χ1n) is 7.29. The molecule has 3 heterocycles. The third-order valence-corrected chi connectivity index (χ3v) is 5.17. The highest BCUT2D eigenvalue weighted by Gasteiger charge is 2.17. The lowest BCUT2D eigenvalue weighted by Crippen LogP contribution is -2.04. The van der Waals surface area contributed by atoms with E-state index in [-0.39, 0.29) is 4.90 Å². The van der Waals surface area contributed by atoms with Crippen molar-refractivity contribution in [1.29, 1.82) is 0 Å². The van der Waals surface area contributed by atoms with E-state index in [1.165, 1.54) is 23.6 Å². The monoisotopic (exact) mass is 392 g/mol. The number of carboxylic acid groups (broad SMARTS) is 1. The molecule has 10 heteroatoms. The van der Waals surface area contributed by atoms with Gasteiger partial charge >= 0.3 is 5.97 Å². The van der Waals surface area contributed by atoms with Crippen LogP contribution in [0.15, 0.2) is 45.9 Å². The second-order valence-electron chi connectivity index (χ2n) is 4.97. The first-order chi connectivity index (χ1) is 12.6. The number of nitrogens with zero attached hydrogens (tertiary/aromatic N) is 3. The first kappa shape index (κ1) is 18.2. The van der Waals surface area contributed by atoms with Crippen LogP contribution in [0.3, 0.4) is 0 Å². The zero-order valence-corrected chi connectivity index (χ0v) is 15.1. The second kappa shape index (κ2) is 8.21. The molecule has 2 N–H and O–H groups in total. The van der Waals surface area contributed by atoms with Crippen molar-refractivity contribution in [3.05, 3.63) is 53.9 Å². The van der Waals surface area contributed by atoms with Gasteiger partial charge in [0.05, 0.1) is 21.9 Å². The van der Waals surface area contributed by atoms with E-state index in [4.69, 9.17) is 9.84 Å². The number of ether oxygens (including phenoxy) is 1. The SMILES string of the molecule is COCc1ccc(Nc2ncc(Sc3ccnc(C(=O)O)c3F)s2)nc1. The van der Waals surface area contributed by atoms with Crippen LogP contribution in [0, 0.1) is 5.82 Å². The normalized spacial score (nSPS) is 10.7. The largest absolute Gasteiger partial charge is 0.476 e. The molecule has 0 spiro atoms. The number of anilines is 2. The molecule has 0 saturated heterocycles. The summed E-state index contributed by atoms with van der Waals surface area (Å²) in [4.78, 5) is 23.1. The Morgan fingerprint density at radius 2 is 2.15 bits per heavy atom. The van der Waals surface area contributed by atoms with Gasteiger partial charge in [-0.25, -0.2) is 24.1 Å². The molecule has 0 bridgehead atoms. The lowest BCUT2D eigenvalue weighted by Gasteiger charge is -2.03. The molecule has 0 fully saturated rings. The Morgan fingerprint density at radius 3 is 2.85 bits per heavy atom. The second-order valence-corrected chi connectivity index (χ2v) is 7.35. The Morgan fingerprint density at radius 1 is 1.31 bits per heavy atom. The molecule has 3 aromatic heterocycles. The van der Waals surface area contributed by atoms with E-state index in [1.54, 1.807) is 19.5 Å². The van der Waals surface area contributed by atoms with Crippen molar-refractivity contribution in [2.45, 2.75) is 15.7 Å². The minimum absolute atomic E-state index is 0.176. The maximum Gasteiger partial charge on any atom is 0.357 e. The number of pyridine rings is 2. The lowest BCUT2D eigenvalue weighted by molar-refractivity contribution is 0.0684. The third-order valence-electron chi connectivity index (χ3n) is 3.12. The maximum atomic E-state index is 14.1. The molecule has 0 aliphatic rings. The van der Waals surface area contributed by atoms with Crippen molar-refractivity contribution < 1.29 is 19.0 Å². The molecule has 0 amide bonds. The van der Waals surface area contributed by atoms with E-state index in [0.717, 1.165) is 17.3 Å². The fourth-order valence-electron chi connectivity index (χ4n) is 1.99. The smallest absolute Gasteiger partial charge is 0.357 e. The first-order valence-corrected chi connectivity index (χ1v) is 8.92. The highest BCUT2D eigenvalue weighted by atomic mass is 32.2. The van der Waals surface area contributed by atoms with E-state index in [9.17, 15) is 9.18 Å². The summed E-state index contributed by atoms with van der Waals surface area (Å²) < 4.78 is 19.9. The minimum atomic E-state index is -1.40. The van der Waals surface area contributed by atoms with Crippen LogP contribution in [0.4, 0.5) is 15.3 Å². The van der Waals surface area contributed by atoms with Gasteiger partial charge in [0.15, 0.2) is 16.6 Å². The van der Waals surface area contributed by atoms with Crippen molar-refractivity contribution in [1.82, 2.24) is 15.0 Å². The molecule has 3 aromatic rings. The summed E-state index contributed by atoms with van der Waals surface area (Å²) in [6.07, 6.45) is 4.55. The highest BCUT2D eigenvalue weighted by molar-refractivity contribution is 8.01. The molecule has 0 atom stereocenters. The number of rotatable bonds is 7. The van der Waals surface area contributed by atoms with Gasteiger partial charge < -0.3 is 15.2 Å². The van der Waals surface area contributed by atoms with Crippen LogP contribution >= 0.6 is 23.1 Å². The lowest BCUT2D eigenvalue weighted by atomic mass is 10.3. The number of halogens is 1. The third kappa shape index (κ3) is 4.34. The number of aromatic nitrogens is 3. The van der Waals surface area contributed by atoms with Crippen molar-refractivity contribution in [3.8, 4) is 0 Å². The van der Waals surface area contributed by atoms with E-state index in [0.29, 0.717) is 21.8 Å². The summed E-state index contributed by atoms with van der Waals surface area (Å²) in [7, 11) is 1.62. The summed E-state index contributed by atoms with van der Waals surface area (Å²) in [5, 5.41) is 12.6. The molecule has 0 unspecified atom stereocenters. The molecule has 0 aliphatic heterocycles. The van der Waals surface area contributed by atoms with Gasteiger partial charge in [0, 0.05) is 19.5 Å². The van der Waals surface area contributed by atoms with Crippen LogP contribution in [0.5, 0.6) is 0 Å². The number of methoxy groups -OCH3 is 1. The zero-order chi connectivity index (χ0) is 18.5. The number of hydrogen-bond acceptors (Lipinski definition) is 8. The zero-order valence-electron chi connectivity index (χ0n) is 13.5. The van der Waals surface area contributed by atoms with Gasteiger partial charge in [0.2, 0.25) is 0 Å². The van der Waals surface area contributed by atoms with Crippen molar-refractivity contribution in [3.63, 3.8) is 0 Å². The van der Waals surface area contributed by atoms with Crippen molar-refractivity contribution in [2.24, 2.45) is 0 Å². The molecule has 0 aromatic carbocycles. The predicted octanol–water partition coefficient (Wildman–Crippen LogP) is 3.81. The van der Waals surface area contributed by atoms with Gasteiger partial charge in [-0.3, -0.25) is 0 Å². The van der Waals surface area contributed by atoms with Crippen LogP contribution in [-0.4, -0.2) is 33.1 Å². The van der Waals surface area contributed by atoms with Gasteiger partial charge in [-0.1, -0.05) is 29.2 Å². The average molecular weight is 392 g/mol. The minimum Gasteiger partial charge on any atom is -0.476 e. The Hall–Kier alpha value is -2.56. The quantitative estimate of drug-likeness (QED) is 0.626. The fraction of sp³-hybridized carbons (Fsp3) is 0.125. The Labute approximate surface area is 156 Å². The maximum absolute atomic E-state index is 14.1. The van der Waals surface area contributed by atoms with E-state index in [1.807, 2.05) is 12.1 Å². The van der Waals surface area contributed by atoms with Crippen LogP contribution in [-0.2, 0) is 11.3 Å². The van der Waals surface area contributed by atoms with Crippen LogP contribution in [0.1, 0.15) is 16.1 Å². The highest BCUT2D eigenvalue weighted by Crippen LogP contribution is 2.36. The Balaban J connectivity index is 1.70. The summed E-state index contributed by atoms with van der Waals surface area (Å²) in [5.74, 6) is -1.64. The number of carbonyl (C=O) groups is 1. The van der Waals surface area contributed by atoms with E-state index < -0.39 is 17.5 Å². The molecular formula is C16H13FN4O3S2. The number of thiazole rings is 1. The number of nitrogens with one attached hydrogen (secondary N) is 1. The number of aromatic carboxylic acids is 1. The van der Waals surface area contributed by atoms with E-state index in [2.05, 4.69) is 20.3 Å². The molecular weight excluding hydrogens is 379 g/mol. The molecule has 0 aliphatic carbocycles. The molecule has 26 heavy (non-hydrogen) atoms. The fourth-order valence-corrected chi connectivity index (χ4v) is 3.85. The van der Waals surface area contributed by atoms with Gasteiger partial charge in [-0.2, -0.15) is 0 Å². The van der Waals surface area contributed by atoms with Gasteiger partial charge in [0.1, 0.15) is 5.82 Å². The molecule has 3 rings (SSSR count). The average Bonchev–Trinajstić information content (AvgIpc) is 3.05. The molecule has 0 radical (unpaired) electrons. The topological polar surface area (TPSA) is 97.2 Å². The van der Waals surface area contributed by atoms with Gasteiger partial charge in [0.25, 0.3) is 0 Å². The standard InChI is InChI=1S/C16H13FN4O3S2/c1-24-8-9-2-3-11(19-6-9)21-16-20-7-12(26-16)25-10-4-5-18-14(13(10)17)15(22)23/h2-7H,8H2,1H3,(H,22,23)(H,19,20,21). The summed E-state index contributed by atoms with van der Waals surface area (Å²) in [6.45, 7) is 0.487. The predicted molar refractivity (Wildman–Crippen MR) is 95.6 cm³/mol. The van der Waals surface area contributed by atoms with Crippen molar-refractivity contribution >= 4 is 40.0 Å². The van der Waals surface area contributed by atoms with Crippen LogP contribution < -0.4 is 5.32 Å². The summed E-state index contributed by atoms with van der Waals surface area (Å²) in [5.41, 5.74) is 0.356. The number of carboxylic acids is 1. The van der Waals surface area contributed by atoms with Crippen LogP contribution in [0.25, 0.3) is 0 Å². The van der Waals surface area contributed by atoms with E-state index >= 15 is 0 Å². The molecule has 134 valence electrons. The summed E-state index contributed by atoms with van der Waals surface area (Å²) >= 11 is 2.39. The Bertz CT molecular complexity index is 918. The summed E-state index contributed by atoms with van der Waals surface area (Å²) in [6, 6.07) is 5.13. The van der Waals surface area contributed by atoms with Crippen LogP contribution in [0.2, 0.25) is 0 Å². The molecule has 0 saturated carbocycles. The van der Waals surface area contributed by atoms with Gasteiger partial charge in [-0.05, 0) is 17.7 Å². The Kier molecular flexibility index (Phi) is 5.76. The van der Waals surface area contributed by atoms with Crippen molar-refractivity contribution in [2.75, 3.05) is 12.4 Å². The van der Waals surface area contributed by atoms with Gasteiger partial charge in [-0.15, -0.1) is 0 Å². The molecule has 7 nitrogen and oxygen atoms in total.